The summed E-state index contributed by atoms with van der Waals surface area (Å²) in [7, 11) is 1.42. The van der Waals surface area contributed by atoms with Crippen LogP contribution in [0, 0.1) is 28.6 Å². The summed E-state index contributed by atoms with van der Waals surface area (Å²) in [5, 5.41) is 94.7. The minimum absolute atomic E-state index is 0.00843. The summed E-state index contributed by atoms with van der Waals surface area (Å²) in [5.41, 5.74) is -0.446. The molecule has 0 radical (unpaired) electrons. The molecule has 0 aromatic rings. The van der Waals surface area contributed by atoms with Crippen LogP contribution >= 0.6 is 0 Å². The Labute approximate surface area is 350 Å². The number of aliphatic hydroxyl groups is 9. The number of allylic oxidation sites excluding steroid dienone is 1. The fraction of sp³-hybridized carbons (Fsp3) is 0.929. The van der Waals surface area contributed by atoms with Crippen molar-refractivity contribution in [1.82, 2.24) is 0 Å². The van der Waals surface area contributed by atoms with Crippen LogP contribution in [0.25, 0.3) is 0 Å². The summed E-state index contributed by atoms with van der Waals surface area (Å²) in [6.07, 6.45) is -12.1. The van der Waals surface area contributed by atoms with E-state index in [0.29, 0.717) is 32.1 Å². The number of esters is 1. The van der Waals surface area contributed by atoms with Gasteiger partial charge in [-0.25, -0.2) is 0 Å². The molecule has 18 heteroatoms. The number of aliphatic hydroxyl groups excluding tert-OH is 8. The van der Waals surface area contributed by atoms with Crippen LogP contribution in [-0.4, -0.2) is 182 Å². The van der Waals surface area contributed by atoms with Gasteiger partial charge in [-0.3, -0.25) is 4.79 Å². The Morgan fingerprint density at radius 1 is 0.783 bits per heavy atom. The molecule has 0 amide bonds. The molecule has 9 N–H and O–H groups in total. The summed E-state index contributed by atoms with van der Waals surface area (Å²) in [6.45, 7) is 8.10. The number of hydrogen-bond donors (Lipinski definition) is 9. The van der Waals surface area contributed by atoms with Crippen LogP contribution in [0.3, 0.4) is 0 Å². The number of carbonyl (C=O) groups is 1. The molecule has 7 rings (SSSR count). The SMILES string of the molecule is CO[C@H]1[C@@H](O[C@@H]2O[C@H](CO)[C@@H](O)[C@H](O)[C@H]2O)[C@@H](C)O[C@@H](O[C@H]2CC[C@@]3(C)C(=CC[C@@H]4[C@@H]3CC[C@]3(C)[C@@H](C(C)O[C@@H]5O[C@H](CO)[C@@H](O)[C@H](O)[C@H]5O)CC[C@]43O)C2)[C@@H]1OC(C)=O. The van der Waals surface area contributed by atoms with Crippen LogP contribution < -0.4 is 0 Å². The Kier molecular flexibility index (Phi) is 13.9. The van der Waals surface area contributed by atoms with Gasteiger partial charge in [0, 0.05) is 19.4 Å². The maximum atomic E-state index is 12.8. The lowest BCUT2D eigenvalue weighted by atomic mass is 9.45. The molecule has 23 atom stereocenters. The third-order valence-corrected chi connectivity index (χ3v) is 15.9. The highest BCUT2D eigenvalue weighted by Gasteiger charge is 2.67. The van der Waals surface area contributed by atoms with E-state index in [-0.39, 0.29) is 29.3 Å². The number of fused-ring (bicyclic) bond motifs is 5. The smallest absolute Gasteiger partial charge is 0.303 e. The quantitative estimate of drug-likeness (QED) is 0.0904. The fourth-order valence-corrected chi connectivity index (χ4v) is 12.4. The molecular weight excluding hydrogens is 792 g/mol. The number of methoxy groups -OCH3 is 1. The first-order valence-electron chi connectivity index (χ1n) is 21.7. The zero-order chi connectivity index (χ0) is 43.6. The molecule has 6 fully saturated rings. The molecule has 1 unspecified atom stereocenters. The number of rotatable bonds is 11. The first-order valence-corrected chi connectivity index (χ1v) is 21.7. The lowest BCUT2D eigenvalue weighted by Crippen LogP contribution is -2.65. The van der Waals surface area contributed by atoms with Crippen LogP contribution in [0.2, 0.25) is 0 Å². The van der Waals surface area contributed by atoms with E-state index < -0.39 is 128 Å². The minimum atomic E-state index is -1.66. The summed E-state index contributed by atoms with van der Waals surface area (Å²) in [6, 6.07) is 0. The first kappa shape index (κ1) is 46.6. The number of ether oxygens (including phenoxy) is 8. The summed E-state index contributed by atoms with van der Waals surface area (Å²) >= 11 is 0. The number of hydrogen-bond acceptors (Lipinski definition) is 18. The van der Waals surface area contributed by atoms with Crippen LogP contribution in [0.15, 0.2) is 11.6 Å². The largest absolute Gasteiger partial charge is 0.454 e. The highest BCUT2D eigenvalue weighted by molar-refractivity contribution is 5.66. The molecule has 3 aliphatic heterocycles. The van der Waals surface area contributed by atoms with Crippen molar-refractivity contribution in [3.63, 3.8) is 0 Å². The molecule has 0 aromatic carbocycles. The third-order valence-electron chi connectivity index (χ3n) is 15.9. The fourth-order valence-electron chi connectivity index (χ4n) is 12.4. The minimum Gasteiger partial charge on any atom is -0.454 e. The van der Waals surface area contributed by atoms with Crippen molar-refractivity contribution in [3.8, 4) is 0 Å². The van der Waals surface area contributed by atoms with Gasteiger partial charge in [-0.1, -0.05) is 25.5 Å². The first-order chi connectivity index (χ1) is 28.3. The van der Waals surface area contributed by atoms with Gasteiger partial charge in [0.25, 0.3) is 0 Å². The van der Waals surface area contributed by atoms with E-state index in [1.807, 2.05) is 6.92 Å². The average molecular weight is 861 g/mol. The van der Waals surface area contributed by atoms with E-state index in [2.05, 4.69) is 19.9 Å². The van der Waals surface area contributed by atoms with Gasteiger partial charge in [0.05, 0.1) is 37.1 Å². The number of carbonyl (C=O) groups excluding carboxylic acids is 1. The third kappa shape index (κ3) is 7.91. The van der Waals surface area contributed by atoms with Gasteiger partial charge in [0.2, 0.25) is 0 Å². The lowest BCUT2D eigenvalue weighted by Gasteiger charge is -2.61. The maximum Gasteiger partial charge on any atom is 0.303 e. The predicted molar refractivity (Wildman–Crippen MR) is 205 cm³/mol. The molecule has 3 saturated heterocycles. The van der Waals surface area contributed by atoms with Crippen molar-refractivity contribution >= 4 is 5.97 Å². The van der Waals surface area contributed by atoms with E-state index in [0.717, 1.165) is 19.3 Å². The van der Waals surface area contributed by atoms with Crippen molar-refractivity contribution < 1.29 is 88.6 Å². The van der Waals surface area contributed by atoms with E-state index in [4.69, 9.17) is 37.9 Å². The Morgan fingerprint density at radius 2 is 1.42 bits per heavy atom. The predicted octanol–water partition coefficient (Wildman–Crippen LogP) is -0.853. The highest BCUT2D eigenvalue weighted by atomic mass is 16.8. The summed E-state index contributed by atoms with van der Waals surface area (Å²) in [5.74, 6) is -0.496. The zero-order valence-corrected chi connectivity index (χ0v) is 35.4. The normalized spacial score (nSPS) is 52.4. The van der Waals surface area contributed by atoms with Crippen molar-refractivity contribution in [2.45, 2.75) is 196 Å². The molecule has 4 aliphatic carbocycles. The van der Waals surface area contributed by atoms with Crippen LogP contribution in [0.1, 0.15) is 86.0 Å². The second-order valence-corrected chi connectivity index (χ2v) is 18.9. The highest BCUT2D eigenvalue weighted by Crippen LogP contribution is 2.68. The molecule has 60 heavy (non-hydrogen) atoms. The van der Waals surface area contributed by atoms with Crippen molar-refractivity contribution in [2.75, 3.05) is 20.3 Å². The Bertz CT molecular complexity index is 1530. The van der Waals surface area contributed by atoms with Gasteiger partial charge >= 0.3 is 5.97 Å². The van der Waals surface area contributed by atoms with Gasteiger partial charge < -0.3 is 83.9 Å². The molecule has 0 bridgehead atoms. The Hall–Kier alpha value is -1.43. The van der Waals surface area contributed by atoms with Crippen molar-refractivity contribution in [2.24, 2.45) is 28.6 Å². The van der Waals surface area contributed by atoms with Crippen LogP contribution in [0.4, 0.5) is 0 Å². The second-order valence-electron chi connectivity index (χ2n) is 18.9. The molecule has 3 saturated carbocycles. The van der Waals surface area contributed by atoms with Gasteiger partial charge in [-0.05, 0) is 88.4 Å². The van der Waals surface area contributed by atoms with Gasteiger partial charge in [0.15, 0.2) is 25.0 Å². The van der Waals surface area contributed by atoms with Gasteiger partial charge in [0.1, 0.15) is 61.0 Å². The second kappa shape index (κ2) is 17.9. The standard InChI is InChI=1S/C42H68O18/c1-18(54-37-32(50)30(48)28(46)26(16-43)58-37)23-11-14-42(52)25-8-7-21-15-22(9-12-40(21,4)24(25)10-13-41(23,42)5)57-39-36(56-20(3)45)35(53-6)34(19(2)55-39)60-38-33(51)31(49)29(47)27(17-44)59-38/h7,18-19,22-39,43-44,46-52H,8-17H2,1-6H3/t18?,19-,22+,23-,24+,25-,26-,27-,28-,29-,30+,31+,32-,33-,34+,35+,36-,37-,38+,39+,40+,41-,42+/m1/s1. The molecule has 344 valence electrons. The average Bonchev–Trinajstić information content (AvgIpc) is 3.50. The van der Waals surface area contributed by atoms with E-state index in [9.17, 15) is 50.8 Å². The molecule has 18 nitrogen and oxygen atoms in total. The van der Waals surface area contributed by atoms with E-state index in [1.165, 1.54) is 19.6 Å². The Morgan fingerprint density at radius 3 is 2.03 bits per heavy atom. The van der Waals surface area contributed by atoms with Crippen molar-refractivity contribution in [1.29, 1.82) is 0 Å². The summed E-state index contributed by atoms with van der Waals surface area (Å²) < 4.78 is 48.1. The molecule has 3 heterocycles. The van der Waals surface area contributed by atoms with E-state index in [1.54, 1.807) is 6.92 Å². The zero-order valence-electron chi connectivity index (χ0n) is 35.4. The maximum absolute atomic E-state index is 12.8. The topological polar surface area (TPSA) is 273 Å². The van der Waals surface area contributed by atoms with Crippen LogP contribution in [-0.2, 0) is 42.7 Å². The monoisotopic (exact) mass is 860 g/mol. The van der Waals surface area contributed by atoms with Crippen LogP contribution in [0.5, 0.6) is 0 Å². The summed E-state index contributed by atoms with van der Waals surface area (Å²) in [4.78, 5) is 12.4. The van der Waals surface area contributed by atoms with Crippen molar-refractivity contribution in [3.05, 3.63) is 11.6 Å². The Balaban J connectivity index is 1.02. The molecular formula is C42H68O18. The van der Waals surface area contributed by atoms with Gasteiger partial charge in [-0.2, -0.15) is 0 Å². The molecule has 7 aliphatic rings. The molecule has 0 spiro atoms. The van der Waals surface area contributed by atoms with Gasteiger partial charge in [-0.15, -0.1) is 0 Å². The van der Waals surface area contributed by atoms with E-state index >= 15 is 0 Å². The molecule has 0 aromatic heterocycles. The lowest BCUT2D eigenvalue weighted by molar-refractivity contribution is -0.361.